The molecule has 0 amide bonds. The van der Waals surface area contributed by atoms with Crippen LogP contribution >= 0.6 is 0 Å². The highest BCUT2D eigenvalue weighted by atomic mass is 15.3. The summed E-state index contributed by atoms with van der Waals surface area (Å²) < 4.78 is 0. The molecule has 0 bridgehead atoms. The Hall–Kier alpha value is -0.120. The zero-order valence-corrected chi connectivity index (χ0v) is 11.8. The first-order chi connectivity index (χ1) is 8.09. The second-order valence-electron chi connectivity index (χ2n) is 6.53. The van der Waals surface area contributed by atoms with Crippen molar-refractivity contribution in [3.8, 4) is 0 Å². The molecule has 1 N–H and O–H groups in total. The molecule has 1 saturated heterocycles. The highest BCUT2D eigenvalue weighted by Crippen LogP contribution is 2.22. The summed E-state index contributed by atoms with van der Waals surface area (Å²) in [6.07, 6.45) is 2.79. The first-order valence-electron chi connectivity index (χ1n) is 7.27. The van der Waals surface area contributed by atoms with Crippen LogP contribution in [-0.4, -0.2) is 61.7 Å². The Morgan fingerprint density at radius 1 is 1.06 bits per heavy atom. The van der Waals surface area contributed by atoms with Crippen LogP contribution in [0.5, 0.6) is 0 Å². The molecule has 0 spiro atoms. The standard InChI is InChI=1S/C14H29N3/c1-4-16-7-9-17(10-8-16)12-14(2,3)11-15-13-5-6-13/h13,15H,4-12H2,1-3H3. The minimum Gasteiger partial charge on any atom is -0.313 e. The fraction of sp³-hybridized carbons (Fsp3) is 1.00. The van der Waals surface area contributed by atoms with Crippen LogP contribution in [0.1, 0.15) is 33.6 Å². The molecule has 0 aromatic heterocycles. The third-order valence-electron chi connectivity index (χ3n) is 4.01. The quantitative estimate of drug-likeness (QED) is 0.756. The number of likely N-dealkylation sites (N-methyl/N-ethyl adjacent to an activating group) is 1. The molecule has 17 heavy (non-hydrogen) atoms. The van der Waals surface area contributed by atoms with Gasteiger partial charge in [0, 0.05) is 45.3 Å². The van der Waals surface area contributed by atoms with Crippen LogP contribution in [0, 0.1) is 5.41 Å². The molecule has 1 aliphatic heterocycles. The van der Waals surface area contributed by atoms with E-state index in [1.807, 2.05) is 0 Å². The van der Waals surface area contributed by atoms with Crippen molar-refractivity contribution in [1.29, 1.82) is 0 Å². The third kappa shape index (κ3) is 4.57. The van der Waals surface area contributed by atoms with Crippen molar-refractivity contribution >= 4 is 0 Å². The van der Waals surface area contributed by atoms with E-state index in [1.165, 1.54) is 58.7 Å². The number of nitrogens with zero attached hydrogens (tertiary/aromatic N) is 2. The van der Waals surface area contributed by atoms with Crippen molar-refractivity contribution in [3.05, 3.63) is 0 Å². The van der Waals surface area contributed by atoms with Crippen LogP contribution in [-0.2, 0) is 0 Å². The maximum Gasteiger partial charge on any atom is 0.0110 e. The maximum atomic E-state index is 3.67. The molecule has 3 nitrogen and oxygen atoms in total. The number of piperazine rings is 1. The summed E-state index contributed by atoms with van der Waals surface area (Å²) in [5.41, 5.74) is 0.414. The van der Waals surface area contributed by atoms with Crippen molar-refractivity contribution in [3.63, 3.8) is 0 Å². The van der Waals surface area contributed by atoms with E-state index in [0.717, 1.165) is 6.04 Å². The average Bonchev–Trinajstić information content (AvgIpc) is 3.11. The lowest BCUT2D eigenvalue weighted by Crippen LogP contribution is -2.50. The predicted octanol–water partition coefficient (Wildman–Crippen LogP) is 1.40. The Bertz CT molecular complexity index is 228. The zero-order valence-electron chi connectivity index (χ0n) is 11.8. The second-order valence-corrected chi connectivity index (χ2v) is 6.53. The van der Waals surface area contributed by atoms with E-state index in [1.54, 1.807) is 0 Å². The molecule has 0 aromatic carbocycles. The number of nitrogens with one attached hydrogen (secondary N) is 1. The van der Waals surface area contributed by atoms with Gasteiger partial charge < -0.3 is 15.1 Å². The van der Waals surface area contributed by atoms with Gasteiger partial charge in [-0.1, -0.05) is 20.8 Å². The van der Waals surface area contributed by atoms with Gasteiger partial charge in [0.05, 0.1) is 0 Å². The number of rotatable bonds is 6. The topological polar surface area (TPSA) is 18.5 Å². The van der Waals surface area contributed by atoms with E-state index in [4.69, 9.17) is 0 Å². The molecule has 3 heteroatoms. The van der Waals surface area contributed by atoms with Crippen molar-refractivity contribution < 1.29 is 0 Å². The van der Waals surface area contributed by atoms with Gasteiger partial charge in [0.1, 0.15) is 0 Å². The van der Waals surface area contributed by atoms with Gasteiger partial charge in [-0.05, 0) is 24.8 Å². The van der Waals surface area contributed by atoms with Crippen LogP contribution in [0.15, 0.2) is 0 Å². The van der Waals surface area contributed by atoms with E-state index in [0.29, 0.717) is 5.41 Å². The van der Waals surface area contributed by atoms with Gasteiger partial charge in [0.25, 0.3) is 0 Å². The summed E-state index contributed by atoms with van der Waals surface area (Å²) in [6, 6.07) is 0.839. The highest BCUT2D eigenvalue weighted by Gasteiger charge is 2.27. The predicted molar refractivity (Wildman–Crippen MR) is 73.4 cm³/mol. The fourth-order valence-electron chi connectivity index (χ4n) is 2.63. The number of hydrogen-bond acceptors (Lipinski definition) is 3. The molecule has 2 fully saturated rings. The van der Waals surface area contributed by atoms with E-state index in [9.17, 15) is 0 Å². The zero-order chi connectivity index (χ0) is 12.3. The summed E-state index contributed by atoms with van der Waals surface area (Å²) in [5.74, 6) is 0. The monoisotopic (exact) mass is 239 g/mol. The summed E-state index contributed by atoms with van der Waals surface area (Å²) in [4.78, 5) is 5.19. The van der Waals surface area contributed by atoms with Crippen LogP contribution in [0.2, 0.25) is 0 Å². The maximum absolute atomic E-state index is 3.67. The SMILES string of the molecule is CCN1CCN(CC(C)(C)CNC2CC2)CC1. The van der Waals surface area contributed by atoms with Gasteiger partial charge in [0.15, 0.2) is 0 Å². The molecule has 1 aliphatic carbocycles. The molecule has 0 radical (unpaired) electrons. The highest BCUT2D eigenvalue weighted by molar-refractivity contribution is 4.86. The van der Waals surface area contributed by atoms with Crippen molar-refractivity contribution in [1.82, 2.24) is 15.1 Å². The van der Waals surface area contributed by atoms with Gasteiger partial charge in [-0.15, -0.1) is 0 Å². The minimum absolute atomic E-state index is 0.414. The molecule has 100 valence electrons. The molecule has 0 atom stereocenters. The van der Waals surface area contributed by atoms with Crippen molar-refractivity contribution in [2.75, 3.05) is 45.8 Å². The Kier molecular flexibility index (Phi) is 4.45. The van der Waals surface area contributed by atoms with E-state index < -0.39 is 0 Å². The molecule has 0 unspecified atom stereocenters. The molecular formula is C14H29N3. The van der Waals surface area contributed by atoms with E-state index in [-0.39, 0.29) is 0 Å². The lowest BCUT2D eigenvalue weighted by atomic mass is 9.92. The summed E-state index contributed by atoms with van der Waals surface area (Å²) >= 11 is 0. The largest absolute Gasteiger partial charge is 0.313 e. The van der Waals surface area contributed by atoms with E-state index in [2.05, 4.69) is 35.9 Å². The van der Waals surface area contributed by atoms with Gasteiger partial charge in [-0.3, -0.25) is 0 Å². The molecule has 1 heterocycles. The Balaban J connectivity index is 1.67. The fourth-order valence-corrected chi connectivity index (χ4v) is 2.63. The smallest absolute Gasteiger partial charge is 0.0110 e. The summed E-state index contributed by atoms with van der Waals surface area (Å²) in [7, 11) is 0. The average molecular weight is 239 g/mol. The molecule has 2 aliphatic rings. The van der Waals surface area contributed by atoms with Crippen LogP contribution in [0.3, 0.4) is 0 Å². The summed E-state index contributed by atoms with van der Waals surface area (Å²) in [6.45, 7) is 15.7. The minimum atomic E-state index is 0.414. The van der Waals surface area contributed by atoms with Crippen molar-refractivity contribution in [2.45, 2.75) is 39.7 Å². The van der Waals surface area contributed by atoms with Crippen molar-refractivity contribution in [2.24, 2.45) is 5.41 Å². The van der Waals surface area contributed by atoms with Gasteiger partial charge >= 0.3 is 0 Å². The lowest BCUT2D eigenvalue weighted by molar-refractivity contribution is 0.0992. The van der Waals surface area contributed by atoms with Gasteiger partial charge in [-0.25, -0.2) is 0 Å². The third-order valence-corrected chi connectivity index (χ3v) is 4.01. The van der Waals surface area contributed by atoms with Crippen LogP contribution in [0.4, 0.5) is 0 Å². The lowest BCUT2D eigenvalue weighted by Gasteiger charge is -2.38. The Morgan fingerprint density at radius 2 is 1.65 bits per heavy atom. The number of hydrogen-bond donors (Lipinski definition) is 1. The molecule has 2 rings (SSSR count). The first kappa shape index (κ1) is 13.3. The van der Waals surface area contributed by atoms with Crippen LogP contribution in [0.25, 0.3) is 0 Å². The Labute approximate surface area is 107 Å². The van der Waals surface area contributed by atoms with Gasteiger partial charge in [-0.2, -0.15) is 0 Å². The molecule has 0 aromatic rings. The Morgan fingerprint density at radius 3 is 2.18 bits per heavy atom. The van der Waals surface area contributed by atoms with Gasteiger partial charge in [0.2, 0.25) is 0 Å². The molecular weight excluding hydrogens is 210 g/mol. The summed E-state index contributed by atoms with van der Waals surface area (Å²) in [5, 5.41) is 3.67. The van der Waals surface area contributed by atoms with E-state index >= 15 is 0 Å². The normalized spacial score (nSPS) is 24.2. The second kappa shape index (κ2) is 5.68. The van der Waals surface area contributed by atoms with Crippen LogP contribution < -0.4 is 5.32 Å². The molecule has 1 saturated carbocycles. The first-order valence-corrected chi connectivity index (χ1v) is 7.27.